The minimum absolute atomic E-state index is 0.310. The van der Waals surface area contributed by atoms with Crippen LogP contribution in [0.2, 0.25) is 5.02 Å². The smallest absolute Gasteiger partial charge is 0.295 e. The number of amides is 1. The molecule has 4 aromatic rings. The van der Waals surface area contributed by atoms with Crippen LogP contribution in [0.1, 0.15) is 10.4 Å². The van der Waals surface area contributed by atoms with Gasteiger partial charge in [0.05, 0.1) is 11.0 Å². The number of H-pyrrole nitrogens is 1. The normalized spacial score (nSPS) is 14.0. The van der Waals surface area contributed by atoms with Crippen LogP contribution in [-0.4, -0.2) is 62.7 Å². The van der Waals surface area contributed by atoms with Crippen LogP contribution in [0.15, 0.2) is 61.1 Å². The molecular weight excluding hydrogens is 428 g/mol. The number of fused-ring (bicyclic) bond motifs is 1. The van der Waals surface area contributed by atoms with Crippen LogP contribution >= 0.6 is 11.6 Å². The maximum atomic E-state index is 12.5. The number of Topliss-reactive ketones (excluding diaryl/α,β-unsaturated/α-hetero) is 1. The Morgan fingerprint density at radius 3 is 2.56 bits per heavy atom. The van der Waals surface area contributed by atoms with Crippen LogP contribution in [0.25, 0.3) is 22.4 Å². The predicted molar refractivity (Wildman–Crippen MR) is 122 cm³/mol. The van der Waals surface area contributed by atoms with Gasteiger partial charge in [-0.05, 0) is 42.5 Å². The average Bonchev–Trinajstić information content (AvgIpc) is 3.27. The third kappa shape index (κ3) is 3.92. The Morgan fingerprint density at radius 1 is 1.00 bits per heavy atom. The minimum Gasteiger partial charge on any atom is -0.353 e. The number of piperazine rings is 1. The zero-order valence-corrected chi connectivity index (χ0v) is 17.8. The van der Waals surface area contributed by atoms with Gasteiger partial charge < -0.3 is 14.8 Å². The Hall–Kier alpha value is -3.78. The van der Waals surface area contributed by atoms with Gasteiger partial charge in [-0.25, -0.2) is 9.97 Å². The SMILES string of the molecule is O=C(C(=O)N1CCN(c2ccc(-c3nc4ccc(Cl)cc4[nH]3)cn2)CC1)c1cccnc1. The molecule has 3 aromatic heterocycles. The van der Waals surface area contributed by atoms with Gasteiger partial charge >= 0.3 is 0 Å². The van der Waals surface area contributed by atoms with Crippen molar-refractivity contribution in [2.24, 2.45) is 0 Å². The van der Waals surface area contributed by atoms with E-state index in [0.29, 0.717) is 36.8 Å². The summed E-state index contributed by atoms with van der Waals surface area (Å²) in [6.07, 6.45) is 4.76. The summed E-state index contributed by atoms with van der Waals surface area (Å²) >= 11 is 6.05. The van der Waals surface area contributed by atoms with Crippen molar-refractivity contribution in [3.8, 4) is 11.4 Å². The van der Waals surface area contributed by atoms with E-state index < -0.39 is 11.7 Å². The Bertz CT molecular complexity index is 1280. The largest absolute Gasteiger partial charge is 0.353 e. The van der Waals surface area contributed by atoms with E-state index >= 15 is 0 Å². The number of pyridine rings is 2. The minimum atomic E-state index is -0.527. The lowest BCUT2D eigenvalue weighted by molar-refractivity contribution is -0.126. The van der Waals surface area contributed by atoms with E-state index in [1.165, 1.54) is 6.20 Å². The zero-order valence-electron chi connectivity index (χ0n) is 17.0. The molecule has 1 saturated heterocycles. The van der Waals surface area contributed by atoms with Crippen LogP contribution in [-0.2, 0) is 4.79 Å². The fourth-order valence-electron chi connectivity index (χ4n) is 3.73. The molecule has 0 spiro atoms. The molecule has 0 aliphatic carbocycles. The van der Waals surface area contributed by atoms with E-state index in [1.54, 1.807) is 29.4 Å². The van der Waals surface area contributed by atoms with Crippen LogP contribution in [0.4, 0.5) is 5.82 Å². The summed E-state index contributed by atoms with van der Waals surface area (Å²) in [5.41, 5.74) is 2.90. The number of aromatic amines is 1. The predicted octanol–water partition coefficient (Wildman–Crippen LogP) is 3.20. The number of nitrogens with one attached hydrogen (secondary N) is 1. The van der Waals surface area contributed by atoms with Crippen LogP contribution < -0.4 is 4.90 Å². The van der Waals surface area contributed by atoms with Gasteiger partial charge in [0.25, 0.3) is 11.7 Å². The first-order chi connectivity index (χ1) is 15.6. The summed E-state index contributed by atoms with van der Waals surface area (Å²) in [5.74, 6) is 0.524. The summed E-state index contributed by atoms with van der Waals surface area (Å²) in [6, 6.07) is 12.7. The molecule has 1 amide bonds. The van der Waals surface area contributed by atoms with Crippen molar-refractivity contribution in [3.05, 3.63) is 71.6 Å². The molecule has 9 heteroatoms. The Balaban J connectivity index is 1.24. The summed E-state index contributed by atoms with van der Waals surface area (Å²) in [4.78, 5) is 44.9. The number of rotatable bonds is 4. The van der Waals surface area contributed by atoms with Gasteiger partial charge in [-0.1, -0.05) is 11.6 Å². The molecule has 0 radical (unpaired) electrons. The molecule has 160 valence electrons. The molecule has 0 unspecified atom stereocenters. The molecule has 5 rings (SSSR count). The summed E-state index contributed by atoms with van der Waals surface area (Å²) in [5, 5.41) is 0.654. The van der Waals surface area contributed by atoms with Crippen LogP contribution in [0.5, 0.6) is 0 Å². The summed E-state index contributed by atoms with van der Waals surface area (Å²) < 4.78 is 0. The van der Waals surface area contributed by atoms with E-state index in [0.717, 1.165) is 28.2 Å². The first-order valence-electron chi connectivity index (χ1n) is 10.2. The van der Waals surface area contributed by atoms with E-state index in [-0.39, 0.29) is 0 Å². The van der Waals surface area contributed by atoms with Gasteiger partial charge in [-0.2, -0.15) is 0 Å². The van der Waals surface area contributed by atoms with Crippen molar-refractivity contribution in [2.45, 2.75) is 0 Å². The molecule has 1 aliphatic rings. The van der Waals surface area contributed by atoms with Crippen molar-refractivity contribution in [1.29, 1.82) is 0 Å². The number of aromatic nitrogens is 4. The van der Waals surface area contributed by atoms with Crippen molar-refractivity contribution < 1.29 is 9.59 Å². The summed E-state index contributed by atoms with van der Waals surface area (Å²) in [7, 11) is 0. The number of halogens is 1. The second-order valence-corrected chi connectivity index (χ2v) is 7.94. The van der Waals surface area contributed by atoms with Crippen molar-refractivity contribution in [2.75, 3.05) is 31.1 Å². The van der Waals surface area contributed by atoms with Gasteiger partial charge in [0, 0.05) is 60.9 Å². The van der Waals surface area contributed by atoms with E-state index in [9.17, 15) is 9.59 Å². The maximum absolute atomic E-state index is 12.5. The number of nitrogens with zero attached hydrogens (tertiary/aromatic N) is 5. The second-order valence-electron chi connectivity index (χ2n) is 7.50. The van der Waals surface area contributed by atoms with Gasteiger partial charge in [0.15, 0.2) is 0 Å². The number of hydrogen-bond donors (Lipinski definition) is 1. The highest BCUT2D eigenvalue weighted by Gasteiger charge is 2.27. The molecule has 4 heterocycles. The molecule has 8 nitrogen and oxygen atoms in total. The summed E-state index contributed by atoms with van der Waals surface area (Å²) in [6.45, 7) is 2.11. The number of imidazole rings is 1. The van der Waals surface area contributed by atoms with Crippen molar-refractivity contribution in [1.82, 2.24) is 24.8 Å². The number of carbonyl (C=O) groups is 2. The third-order valence-electron chi connectivity index (χ3n) is 5.47. The molecule has 1 N–H and O–H groups in total. The van der Waals surface area contributed by atoms with Gasteiger partial charge in [0.1, 0.15) is 11.6 Å². The average molecular weight is 447 g/mol. The van der Waals surface area contributed by atoms with E-state index in [2.05, 4.69) is 24.8 Å². The monoisotopic (exact) mass is 446 g/mol. The van der Waals surface area contributed by atoms with Gasteiger partial charge in [0.2, 0.25) is 0 Å². The Kier molecular flexibility index (Phi) is 5.28. The standard InChI is InChI=1S/C23H19ClN6O2/c24-17-4-5-18-19(12-17)28-22(27-18)16-3-6-20(26-14-16)29-8-10-30(11-9-29)23(32)21(31)15-2-1-7-25-13-15/h1-7,12-14H,8-11H2,(H,27,28). The molecule has 0 atom stereocenters. The Morgan fingerprint density at radius 2 is 1.84 bits per heavy atom. The highest BCUT2D eigenvalue weighted by molar-refractivity contribution is 6.42. The lowest BCUT2D eigenvalue weighted by Gasteiger charge is -2.35. The third-order valence-corrected chi connectivity index (χ3v) is 5.71. The molecule has 1 fully saturated rings. The number of ketones is 1. The Labute approximate surface area is 188 Å². The highest BCUT2D eigenvalue weighted by Crippen LogP contribution is 2.24. The van der Waals surface area contributed by atoms with Crippen LogP contribution in [0.3, 0.4) is 0 Å². The number of carbonyl (C=O) groups excluding carboxylic acids is 2. The molecule has 1 aliphatic heterocycles. The molecule has 0 bridgehead atoms. The number of benzene rings is 1. The highest BCUT2D eigenvalue weighted by atomic mass is 35.5. The molecular formula is C23H19ClN6O2. The molecule has 32 heavy (non-hydrogen) atoms. The maximum Gasteiger partial charge on any atom is 0.295 e. The van der Waals surface area contributed by atoms with Gasteiger partial charge in [-0.15, -0.1) is 0 Å². The quantitative estimate of drug-likeness (QED) is 0.382. The van der Waals surface area contributed by atoms with Gasteiger partial charge in [-0.3, -0.25) is 14.6 Å². The second kappa shape index (κ2) is 8.39. The van der Waals surface area contributed by atoms with E-state index in [1.807, 2.05) is 30.3 Å². The number of hydrogen-bond acceptors (Lipinski definition) is 6. The molecule has 1 aromatic carbocycles. The van der Waals surface area contributed by atoms with E-state index in [4.69, 9.17) is 11.6 Å². The lowest BCUT2D eigenvalue weighted by atomic mass is 10.1. The number of anilines is 1. The fourth-order valence-corrected chi connectivity index (χ4v) is 3.91. The molecule has 0 saturated carbocycles. The van der Waals surface area contributed by atoms with Crippen LogP contribution in [0, 0.1) is 0 Å². The first kappa shape index (κ1) is 20.1. The van der Waals surface area contributed by atoms with Crippen molar-refractivity contribution in [3.63, 3.8) is 0 Å². The lowest BCUT2D eigenvalue weighted by Crippen LogP contribution is -2.50. The topological polar surface area (TPSA) is 95.1 Å². The zero-order chi connectivity index (χ0) is 22.1. The van der Waals surface area contributed by atoms with Crippen molar-refractivity contribution >= 4 is 40.1 Å². The fraction of sp³-hybridized carbons (Fsp3) is 0.174. The first-order valence-corrected chi connectivity index (χ1v) is 10.6.